The molecule has 0 bridgehead atoms. The van der Waals surface area contributed by atoms with Crippen LogP contribution < -0.4 is 4.74 Å². The summed E-state index contributed by atoms with van der Waals surface area (Å²) in [4.78, 5) is 41.6. The molecule has 0 N–H and O–H groups in total. The predicted molar refractivity (Wildman–Crippen MR) is 105 cm³/mol. The van der Waals surface area contributed by atoms with Crippen LogP contribution in [0.3, 0.4) is 0 Å². The van der Waals surface area contributed by atoms with Crippen LogP contribution in [0.5, 0.6) is 5.75 Å². The van der Waals surface area contributed by atoms with E-state index < -0.39 is 22.4 Å². The normalized spacial score (nSPS) is 12.7. The van der Waals surface area contributed by atoms with Gasteiger partial charge in [-0.3, -0.25) is 9.59 Å². The van der Waals surface area contributed by atoms with Gasteiger partial charge in [-0.15, -0.1) is 10.1 Å². The van der Waals surface area contributed by atoms with Gasteiger partial charge in [-0.25, -0.2) is 0 Å². The first-order valence-corrected chi connectivity index (χ1v) is 8.93. The molecule has 29 heavy (non-hydrogen) atoms. The smallest absolute Gasteiger partial charge is 0.325 e. The number of hydrogen-bond acceptors (Lipinski definition) is 7. The topological polar surface area (TPSA) is 108 Å². The Morgan fingerprint density at radius 1 is 1.14 bits per heavy atom. The minimum atomic E-state index is -1.57. The number of amides is 1. The fourth-order valence-electron chi connectivity index (χ4n) is 3.12. The molecule has 0 heterocycles. The second kappa shape index (κ2) is 9.22. The van der Waals surface area contributed by atoms with Crippen LogP contribution in [-0.4, -0.2) is 56.3 Å². The summed E-state index contributed by atoms with van der Waals surface area (Å²) in [7, 11) is 4.33. The monoisotopic (exact) mass is 404 g/mol. The van der Waals surface area contributed by atoms with Crippen molar-refractivity contribution in [3.63, 3.8) is 0 Å². The molecule has 0 saturated heterocycles. The molecule has 0 unspecified atom stereocenters. The Bertz CT molecular complexity index is 915. The molecule has 1 atom stereocenters. The minimum absolute atomic E-state index is 0.142. The van der Waals surface area contributed by atoms with Gasteiger partial charge in [0.05, 0.1) is 20.8 Å². The van der Waals surface area contributed by atoms with Gasteiger partial charge in [0.25, 0.3) is 5.09 Å². The Morgan fingerprint density at radius 2 is 1.79 bits per heavy atom. The first kappa shape index (κ1) is 21.9. The van der Waals surface area contributed by atoms with Crippen molar-refractivity contribution >= 4 is 22.6 Å². The lowest BCUT2D eigenvalue weighted by Gasteiger charge is -2.31. The lowest BCUT2D eigenvalue weighted by atomic mass is 9.80. The molecule has 1 amide bonds. The van der Waals surface area contributed by atoms with E-state index in [1.807, 2.05) is 18.2 Å². The Morgan fingerprint density at radius 3 is 2.41 bits per heavy atom. The van der Waals surface area contributed by atoms with Crippen molar-refractivity contribution in [1.82, 2.24) is 4.90 Å². The summed E-state index contributed by atoms with van der Waals surface area (Å²) in [6.07, 6.45) is 0.248. The molecule has 0 aliphatic rings. The highest BCUT2D eigenvalue weighted by molar-refractivity contribution is 6.08. The van der Waals surface area contributed by atoms with E-state index in [1.54, 1.807) is 25.3 Å². The number of methoxy groups -OCH3 is 2. The molecular formula is C20H24N2O7. The number of nitrogens with zero attached hydrogens (tertiary/aromatic N) is 2. The number of ether oxygens (including phenoxy) is 2. The average Bonchev–Trinajstić information content (AvgIpc) is 2.73. The summed E-state index contributed by atoms with van der Waals surface area (Å²) in [6, 6.07) is 10.8. The third-order valence-electron chi connectivity index (χ3n) is 4.83. The van der Waals surface area contributed by atoms with Gasteiger partial charge in [0.15, 0.2) is 5.41 Å². The molecule has 156 valence electrons. The molecule has 2 aromatic carbocycles. The highest BCUT2D eigenvalue weighted by atomic mass is 16.9. The first-order valence-electron chi connectivity index (χ1n) is 8.93. The summed E-state index contributed by atoms with van der Waals surface area (Å²) in [5, 5.41) is 11.1. The van der Waals surface area contributed by atoms with Gasteiger partial charge in [-0.1, -0.05) is 18.2 Å². The predicted octanol–water partition coefficient (Wildman–Crippen LogP) is 2.34. The van der Waals surface area contributed by atoms with Gasteiger partial charge in [0.2, 0.25) is 5.91 Å². The van der Waals surface area contributed by atoms with E-state index in [4.69, 9.17) is 9.47 Å². The lowest BCUT2D eigenvalue weighted by Crippen LogP contribution is -2.49. The van der Waals surface area contributed by atoms with Crippen LogP contribution in [0.25, 0.3) is 10.8 Å². The fourth-order valence-corrected chi connectivity index (χ4v) is 3.12. The van der Waals surface area contributed by atoms with E-state index in [1.165, 1.54) is 26.0 Å². The van der Waals surface area contributed by atoms with Gasteiger partial charge < -0.3 is 19.2 Å². The van der Waals surface area contributed by atoms with E-state index in [-0.39, 0.29) is 19.6 Å². The number of carbonyl (C=O) groups is 2. The maximum absolute atomic E-state index is 13.2. The van der Waals surface area contributed by atoms with Crippen molar-refractivity contribution in [2.45, 2.75) is 18.8 Å². The van der Waals surface area contributed by atoms with Crippen molar-refractivity contribution in [1.29, 1.82) is 0 Å². The van der Waals surface area contributed by atoms with Crippen molar-refractivity contribution in [3.8, 4) is 5.75 Å². The Kier molecular flexibility index (Phi) is 6.98. The van der Waals surface area contributed by atoms with Crippen LogP contribution in [0.15, 0.2) is 36.4 Å². The Balaban J connectivity index is 2.33. The summed E-state index contributed by atoms with van der Waals surface area (Å²) in [6.45, 7) is 1.55. The molecule has 0 aliphatic heterocycles. The number of likely N-dealkylation sites (N-methyl/N-ethyl adjacent to an activating group) is 1. The van der Waals surface area contributed by atoms with Crippen LogP contribution in [0.4, 0.5) is 0 Å². The van der Waals surface area contributed by atoms with Crippen LogP contribution in [0.1, 0.15) is 18.9 Å². The highest BCUT2D eigenvalue weighted by Crippen LogP contribution is 2.31. The number of fused-ring (bicyclic) bond motifs is 1. The van der Waals surface area contributed by atoms with Crippen LogP contribution in [0, 0.1) is 10.1 Å². The number of carbonyl (C=O) groups excluding carboxylic acids is 2. The van der Waals surface area contributed by atoms with Gasteiger partial charge >= 0.3 is 5.97 Å². The molecule has 0 saturated carbocycles. The zero-order valence-electron chi connectivity index (χ0n) is 16.8. The molecule has 9 heteroatoms. The second-order valence-electron chi connectivity index (χ2n) is 6.68. The molecule has 0 aliphatic carbocycles. The summed E-state index contributed by atoms with van der Waals surface area (Å²) in [5.74, 6) is -0.462. The number of esters is 1. The van der Waals surface area contributed by atoms with Gasteiger partial charge in [0, 0.05) is 13.6 Å². The zero-order chi connectivity index (χ0) is 21.6. The van der Waals surface area contributed by atoms with E-state index in [0.29, 0.717) is 11.3 Å². The van der Waals surface area contributed by atoms with Crippen LogP contribution >= 0.6 is 0 Å². The van der Waals surface area contributed by atoms with Crippen molar-refractivity contribution < 1.29 is 29.0 Å². The maximum atomic E-state index is 13.2. The summed E-state index contributed by atoms with van der Waals surface area (Å²) < 4.78 is 10.1. The van der Waals surface area contributed by atoms with Crippen LogP contribution in [0.2, 0.25) is 0 Å². The fraction of sp³-hybridized carbons (Fsp3) is 0.400. The quantitative estimate of drug-likeness (QED) is 0.207. The van der Waals surface area contributed by atoms with Gasteiger partial charge in [-0.2, -0.15) is 0 Å². The van der Waals surface area contributed by atoms with E-state index in [9.17, 15) is 19.7 Å². The summed E-state index contributed by atoms with van der Waals surface area (Å²) in [5.41, 5.74) is -1.08. The number of rotatable bonds is 9. The molecule has 0 fully saturated rings. The maximum Gasteiger partial charge on any atom is 0.325 e. The SMILES string of the molecule is COC(=O)[C@](C)(C(=O)N(C)CCCO[N+](=O)[O-])c1ccc2cc(OC)ccc2c1. The largest absolute Gasteiger partial charge is 0.497 e. The van der Waals surface area contributed by atoms with Crippen molar-refractivity contribution in [2.24, 2.45) is 0 Å². The lowest BCUT2D eigenvalue weighted by molar-refractivity contribution is -0.757. The molecule has 0 spiro atoms. The third kappa shape index (κ3) is 4.74. The van der Waals surface area contributed by atoms with E-state index >= 15 is 0 Å². The van der Waals surface area contributed by atoms with E-state index in [2.05, 4.69) is 4.84 Å². The molecule has 2 rings (SSSR count). The molecule has 0 aromatic heterocycles. The average molecular weight is 404 g/mol. The standard InChI is InChI=1S/C20H24N2O7/c1-20(19(24)28-4,18(23)21(2)10-5-11-29-22(25)26)16-8-6-15-13-17(27-3)9-7-14(15)12-16/h6-9,12-13H,5,10-11H2,1-4H3/t20-/m0/s1. The van der Waals surface area contributed by atoms with Crippen molar-refractivity contribution in [3.05, 3.63) is 52.1 Å². The third-order valence-corrected chi connectivity index (χ3v) is 4.83. The highest BCUT2D eigenvalue weighted by Gasteiger charge is 2.45. The van der Waals surface area contributed by atoms with E-state index in [0.717, 1.165) is 10.8 Å². The first-order chi connectivity index (χ1) is 13.7. The Labute approximate surface area is 168 Å². The number of hydrogen-bond donors (Lipinski definition) is 0. The molecule has 9 nitrogen and oxygen atoms in total. The van der Waals surface area contributed by atoms with Crippen LogP contribution in [-0.2, 0) is 24.6 Å². The molecular weight excluding hydrogens is 380 g/mol. The number of benzene rings is 2. The van der Waals surface area contributed by atoms with Gasteiger partial charge in [-0.05, 0) is 47.9 Å². The molecule has 2 aromatic rings. The second-order valence-corrected chi connectivity index (χ2v) is 6.68. The zero-order valence-corrected chi connectivity index (χ0v) is 16.8. The van der Waals surface area contributed by atoms with Crippen molar-refractivity contribution in [2.75, 3.05) is 34.4 Å². The summed E-state index contributed by atoms with van der Waals surface area (Å²) >= 11 is 0. The van der Waals surface area contributed by atoms with Gasteiger partial charge in [0.1, 0.15) is 5.75 Å². The molecule has 0 radical (unpaired) electrons. The minimum Gasteiger partial charge on any atom is -0.497 e. The Hall–Kier alpha value is -3.36.